The number of hydrogen-bond donors (Lipinski definition) is 1. The normalized spacial score (nSPS) is 15.7. The Labute approximate surface area is 133 Å². The topological polar surface area (TPSA) is 51.0 Å². The molecule has 0 bridgehead atoms. The van der Waals surface area contributed by atoms with Gasteiger partial charge in [-0.25, -0.2) is 0 Å². The van der Waals surface area contributed by atoms with Gasteiger partial charge in [0.25, 0.3) is 0 Å². The first-order valence-corrected chi connectivity index (χ1v) is 7.95. The molecule has 1 aliphatic rings. The van der Waals surface area contributed by atoms with E-state index in [9.17, 15) is 0 Å². The number of rotatable bonds is 5. The number of halogens is 2. The monoisotopic (exact) mass is 325 g/mol. The fourth-order valence-corrected chi connectivity index (χ4v) is 2.95. The van der Waals surface area contributed by atoms with Crippen molar-refractivity contribution in [2.45, 2.75) is 44.7 Å². The van der Waals surface area contributed by atoms with Gasteiger partial charge in [0.15, 0.2) is 5.82 Å². The predicted molar refractivity (Wildman–Crippen MR) is 82.7 cm³/mol. The second kappa shape index (κ2) is 6.77. The highest BCUT2D eigenvalue weighted by Gasteiger charge is 2.15. The fourth-order valence-electron chi connectivity index (χ4n) is 2.63. The Morgan fingerprint density at radius 1 is 1.19 bits per heavy atom. The molecule has 0 aliphatic heterocycles. The molecular formula is C15H17Cl2N3O. The van der Waals surface area contributed by atoms with Gasteiger partial charge < -0.3 is 9.84 Å². The molecule has 21 heavy (non-hydrogen) atoms. The van der Waals surface area contributed by atoms with Gasteiger partial charge in [-0.3, -0.25) is 0 Å². The number of nitrogens with zero attached hydrogens (tertiary/aromatic N) is 2. The van der Waals surface area contributed by atoms with Crippen LogP contribution in [0.1, 0.15) is 43.0 Å². The Morgan fingerprint density at radius 3 is 2.76 bits per heavy atom. The van der Waals surface area contributed by atoms with E-state index < -0.39 is 0 Å². The standard InChI is InChI=1S/C15H17Cl2N3O/c16-12-6-5-10(7-13(12)17)8-14-19-15(21-20-14)9-18-11-3-1-2-4-11/h5-7,11,18H,1-4,8-9H2. The molecule has 0 radical (unpaired) electrons. The zero-order chi connectivity index (χ0) is 14.7. The van der Waals surface area contributed by atoms with Crippen LogP contribution >= 0.6 is 23.2 Å². The Bertz CT molecular complexity index is 609. The molecular weight excluding hydrogens is 309 g/mol. The van der Waals surface area contributed by atoms with E-state index >= 15 is 0 Å². The van der Waals surface area contributed by atoms with Crippen molar-refractivity contribution in [1.29, 1.82) is 0 Å². The number of aromatic nitrogens is 2. The molecule has 1 aliphatic carbocycles. The van der Waals surface area contributed by atoms with Gasteiger partial charge in [0.05, 0.1) is 16.6 Å². The van der Waals surface area contributed by atoms with Gasteiger partial charge in [-0.2, -0.15) is 4.98 Å². The van der Waals surface area contributed by atoms with Crippen LogP contribution < -0.4 is 5.32 Å². The van der Waals surface area contributed by atoms with E-state index in [0.29, 0.717) is 40.8 Å². The van der Waals surface area contributed by atoms with E-state index in [1.165, 1.54) is 25.7 Å². The maximum absolute atomic E-state index is 6.00. The quantitative estimate of drug-likeness (QED) is 0.902. The third kappa shape index (κ3) is 3.96. The van der Waals surface area contributed by atoms with Crippen molar-refractivity contribution in [3.8, 4) is 0 Å². The number of benzene rings is 1. The molecule has 1 fully saturated rings. The maximum Gasteiger partial charge on any atom is 0.240 e. The Hall–Kier alpha value is -1.10. The fraction of sp³-hybridized carbons (Fsp3) is 0.467. The first kappa shape index (κ1) is 14.8. The van der Waals surface area contributed by atoms with Crippen molar-refractivity contribution in [3.05, 3.63) is 45.5 Å². The summed E-state index contributed by atoms with van der Waals surface area (Å²) < 4.78 is 5.27. The van der Waals surface area contributed by atoms with Crippen LogP contribution in [-0.2, 0) is 13.0 Å². The smallest absolute Gasteiger partial charge is 0.240 e. The van der Waals surface area contributed by atoms with Gasteiger partial charge >= 0.3 is 0 Å². The van der Waals surface area contributed by atoms with Crippen molar-refractivity contribution in [2.24, 2.45) is 0 Å². The molecule has 0 unspecified atom stereocenters. The van der Waals surface area contributed by atoms with E-state index in [-0.39, 0.29) is 0 Å². The maximum atomic E-state index is 6.00. The minimum absolute atomic E-state index is 0.542. The van der Waals surface area contributed by atoms with E-state index in [1.54, 1.807) is 6.07 Å². The van der Waals surface area contributed by atoms with Gasteiger partial charge in [-0.05, 0) is 30.5 Å². The molecule has 2 aromatic rings. The van der Waals surface area contributed by atoms with E-state index in [4.69, 9.17) is 27.7 Å². The van der Waals surface area contributed by atoms with Crippen LogP contribution in [0.4, 0.5) is 0 Å². The zero-order valence-electron chi connectivity index (χ0n) is 11.6. The lowest BCUT2D eigenvalue weighted by molar-refractivity contribution is 0.353. The second-order valence-corrected chi connectivity index (χ2v) is 6.21. The summed E-state index contributed by atoms with van der Waals surface area (Å²) in [6.07, 6.45) is 5.69. The van der Waals surface area contributed by atoms with Crippen molar-refractivity contribution in [1.82, 2.24) is 15.5 Å². The summed E-state index contributed by atoms with van der Waals surface area (Å²) in [4.78, 5) is 4.40. The number of nitrogens with one attached hydrogen (secondary N) is 1. The van der Waals surface area contributed by atoms with Gasteiger partial charge in [-0.15, -0.1) is 0 Å². The van der Waals surface area contributed by atoms with Crippen LogP contribution in [0.5, 0.6) is 0 Å². The van der Waals surface area contributed by atoms with E-state index in [1.807, 2.05) is 12.1 Å². The molecule has 0 saturated heterocycles. The van der Waals surface area contributed by atoms with Crippen LogP contribution in [0.3, 0.4) is 0 Å². The van der Waals surface area contributed by atoms with E-state index in [0.717, 1.165) is 5.56 Å². The lowest BCUT2D eigenvalue weighted by Crippen LogP contribution is -2.25. The minimum atomic E-state index is 0.542. The van der Waals surface area contributed by atoms with Crippen molar-refractivity contribution in [2.75, 3.05) is 0 Å². The summed E-state index contributed by atoms with van der Waals surface area (Å²) in [7, 11) is 0. The van der Waals surface area contributed by atoms with Crippen molar-refractivity contribution >= 4 is 23.2 Å². The third-order valence-corrected chi connectivity index (χ3v) is 4.49. The van der Waals surface area contributed by atoms with Gasteiger partial charge in [-0.1, -0.05) is 47.3 Å². The molecule has 1 saturated carbocycles. The van der Waals surface area contributed by atoms with Crippen LogP contribution in [0.2, 0.25) is 10.0 Å². The Kier molecular flexibility index (Phi) is 4.78. The van der Waals surface area contributed by atoms with Crippen molar-refractivity contribution in [3.63, 3.8) is 0 Å². The molecule has 0 atom stereocenters. The first-order chi connectivity index (χ1) is 10.2. The molecule has 1 N–H and O–H groups in total. The van der Waals surface area contributed by atoms with Crippen LogP contribution in [0.15, 0.2) is 22.7 Å². The molecule has 0 amide bonds. The van der Waals surface area contributed by atoms with E-state index in [2.05, 4.69) is 15.5 Å². The average molecular weight is 326 g/mol. The molecule has 6 heteroatoms. The molecule has 112 valence electrons. The largest absolute Gasteiger partial charge is 0.338 e. The van der Waals surface area contributed by atoms with Gasteiger partial charge in [0, 0.05) is 12.5 Å². The highest BCUT2D eigenvalue weighted by molar-refractivity contribution is 6.42. The zero-order valence-corrected chi connectivity index (χ0v) is 13.1. The van der Waals surface area contributed by atoms with Crippen LogP contribution in [0.25, 0.3) is 0 Å². The number of hydrogen-bond acceptors (Lipinski definition) is 4. The Balaban J connectivity index is 1.57. The summed E-state index contributed by atoms with van der Waals surface area (Å²) in [6.45, 7) is 0.638. The molecule has 0 spiro atoms. The summed E-state index contributed by atoms with van der Waals surface area (Å²) in [5.74, 6) is 1.30. The SMILES string of the molecule is Clc1ccc(Cc2noc(CNC3CCCC3)n2)cc1Cl. The minimum Gasteiger partial charge on any atom is -0.338 e. The van der Waals surface area contributed by atoms with Crippen molar-refractivity contribution < 1.29 is 4.52 Å². The summed E-state index contributed by atoms with van der Waals surface area (Å²) >= 11 is 11.9. The van der Waals surface area contributed by atoms with Crippen LogP contribution in [-0.4, -0.2) is 16.2 Å². The summed E-state index contributed by atoms with van der Waals surface area (Å²) in [5.41, 5.74) is 1.01. The Morgan fingerprint density at radius 2 is 2.00 bits per heavy atom. The predicted octanol–water partition coefficient (Wildman–Crippen LogP) is 4.00. The lowest BCUT2D eigenvalue weighted by atomic mass is 10.1. The molecule has 1 aromatic heterocycles. The van der Waals surface area contributed by atoms with Crippen LogP contribution in [0, 0.1) is 0 Å². The first-order valence-electron chi connectivity index (χ1n) is 7.19. The lowest BCUT2D eigenvalue weighted by Gasteiger charge is -2.08. The third-order valence-electron chi connectivity index (χ3n) is 3.75. The average Bonchev–Trinajstić information content (AvgIpc) is 3.12. The molecule has 3 rings (SSSR count). The highest BCUT2D eigenvalue weighted by Crippen LogP contribution is 2.23. The molecule has 4 nitrogen and oxygen atoms in total. The highest BCUT2D eigenvalue weighted by atomic mass is 35.5. The molecule has 1 heterocycles. The molecule has 1 aromatic carbocycles. The van der Waals surface area contributed by atoms with Gasteiger partial charge in [0.1, 0.15) is 0 Å². The van der Waals surface area contributed by atoms with Gasteiger partial charge in [0.2, 0.25) is 5.89 Å². The summed E-state index contributed by atoms with van der Waals surface area (Å²) in [6, 6.07) is 6.12. The summed E-state index contributed by atoms with van der Waals surface area (Å²) in [5, 5.41) is 8.56. The second-order valence-electron chi connectivity index (χ2n) is 5.39.